The van der Waals surface area contributed by atoms with E-state index in [0.29, 0.717) is 11.3 Å². The number of aromatic nitrogens is 1. The second kappa shape index (κ2) is 5.13. The molecule has 0 aliphatic heterocycles. The van der Waals surface area contributed by atoms with Gasteiger partial charge in [-0.2, -0.15) is 0 Å². The number of amides is 1. The molecule has 0 aliphatic carbocycles. The monoisotopic (exact) mass is 204 g/mol. The maximum absolute atomic E-state index is 11.7. The molecule has 1 aromatic rings. The summed E-state index contributed by atoms with van der Waals surface area (Å²) in [6, 6.07) is 3.40. The van der Waals surface area contributed by atoms with Gasteiger partial charge in [-0.3, -0.25) is 4.79 Å². The number of carbonyl (C=O) groups is 1. The van der Waals surface area contributed by atoms with Crippen LogP contribution >= 0.6 is 0 Å². The average molecular weight is 204 g/mol. The van der Waals surface area contributed by atoms with Crippen molar-refractivity contribution >= 4 is 5.91 Å². The van der Waals surface area contributed by atoms with Crippen LogP contribution in [-0.2, 0) is 0 Å². The molecule has 1 rings (SSSR count). The van der Waals surface area contributed by atoms with Gasteiger partial charge >= 0.3 is 0 Å². The highest BCUT2D eigenvalue weighted by Crippen LogP contribution is 2.05. The molecule has 1 aromatic heterocycles. The zero-order valence-corrected chi connectivity index (χ0v) is 8.69. The topological polar surface area (TPSA) is 53.4 Å². The fourth-order valence-corrected chi connectivity index (χ4v) is 1.02. The number of aliphatic hydroxyl groups is 1. The van der Waals surface area contributed by atoms with Crippen LogP contribution in [0, 0.1) is 11.8 Å². The van der Waals surface area contributed by atoms with Crippen molar-refractivity contribution in [3.8, 4) is 11.8 Å². The molecule has 0 saturated carbocycles. The maximum atomic E-state index is 11.7. The van der Waals surface area contributed by atoms with Gasteiger partial charge in [-0.05, 0) is 12.1 Å². The van der Waals surface area contributed by atoms with Gasteiger partial charge in [-0.25, -0.2) is 4.98 Å². The molecule has 0 unspecified atom stereocenters. The number of carbonyl (C=O) groups excluding carboxylic acids is 1. The van der Waals surface area contributed by atoms with Gasteiger partial charge in [0, 0.05) is 20.3 Å². The van der Waals surface area contributed by atoms with Crippen molar-refractivity contribution in [3.05, 3.63) is 29.6 Å². The molecule has 1 heterocycles. The molecular weight excluding hydrogens is 192 g/mol. The predicted octanol–water partition coefficient (Wildman–Crippen LogP) is 0.127. The summed E-state index contributed by atoms with van der Waals surface area (Å²) in [5.74, 6) is 4.99. The number of hydrogen-bond donors (Lipinski definition) is 1. The number of rotatable bonds is 1. The van der Waals surface area contributed by atoms with Gasteiger partial charge in [-0.1, -0.05) is 11.8 Å². The Morgan fingerprint density at radius 3 is 2.93 bits per heavy atom. The Morgan fingerprint density at radius 1 is 1.60 bits per heavy atom. The minimum Gasteiger partial charge on any atom is -0.384 e. The Bertz CT molecular complexity index is 416. The highest BCUT2D eigenvalue weighted by molar-refractivity contribution is 5.94. The van der Waals surface area contributed by atoms with Crippen LogP contribution < -0.4 is 0 Å². The van der Waals surface area contributed by atoms with Crippen LogP contribution in [0.1, 0.15) is 16.1 Å². The molecular formula is C11H12N2O2. The molecule has 0 atom stereocenters. The first kappa shape index (κ1) is 11.2. The number of nitrogens with zero attached hydrogens (tertiary/aromatic N) is 2. The molecule has 0 aromatic carbocycles. The van der Waals surface area contributed by atoms with Gasteiger partial charge in [0.15, 0.2) is 0 Å². The Balaban J connectivity index is 3.12. The molecule has 4 nitrogen and oxygen atoms in total. The van der Waals surface area contributed by atoms with Crippen LogP contribution in [-0.4, -0.2) is 41.6 Å². The third kappa shape index (κ3) is 2.79. The third-order valence-electron chi connectivity index (χ3n) is 1.72. The fraction of sp³-hybridized carbons (Fsp3) is 0.273. The van der Waals surface area contributed by atoms with E-state index in [1.54, 1.807) is 32.4 Å². The molecule has 15 heavy (non-hydrogen) atoms. The Hall–Kier alpha value is -1.86. The first-order valence-corrected chi connectivity index (χ1v) is 4.43. The standard InChI is InChI=1S/C11H12N2O2/c1-13(2)11(15)10-9(6-4-8-14)5-3-7-12-10/h3,5,7,14H,8H2,1-2H3. The minimum atomic E-state index is -0.232. The highest BCUT2D eigenvalue weighted by atomic mass is 16.2. The molecule has 0 aliphatic rings. The fourth-order valence-electron chi connectivity index (χ4n) is 1.02. The maximum Gasteiger partial charge on any atom is 0.273 e. The van der Waals surface area contributed by atoms with Crippen molar-refractivity contribution in [2.24, 2.45) is 0 Å². The summed E-state index contributed by atoms with van der Waals surface area (Å²) in [5, 5.41) is 8.58. The molecule has 1 N–H and O–H groups in total. The quantitative estimate of drug-likeness (QED) is 0.661. The predicted molar refractivity (Wildman–Crippen MR) is 56.2 cm³/mol. The highest BCUT2D eigenvalue weighted by Gasteiger charge is 2.12. The lowest BCUT2D eigenvalue weighted by Gasteiger charge is -2.10. The van der Waals surface area contributed by atoms with Crippen molar-refractivity contribution in [2.45, 2.75) is 0 Å². The summed E-state index contributed by atoms with van der Waals surface area (Å²) < 4.78 is 0. The molecule has 78 valence electrons. The number of hydrogen-bond acceptors (Lipinski definition) is 3. The van der Waals surface area contributed by atoms with Crippen molar-refractivity contribution < 1.29 is 9.90 Å². The number of aliphatic hydroxyl groups excluding tert-OH is 1. The van der Waals surface area contributed by atoms with Gasteiger partial charge in [0.1, 0.15) is 12.3 Å². The Morgan fingerprint density at radius 2 is 2.33 bits per heavy atom. The lowest BCUT2D eigenvalue weighted by molar-refractivity contribution is 0.0821. The van der Waals surface area contributed by atoms with E-state index >= 15 is 0 Å². The largest absolute Gasteiger partial charge is 0.384 e. The lowest BCUT2D eigenvalue weighted by atomic mass is 10.2. The van der Waals surface area contributed by atoms with Crippen molar-refractivity contribution in [2.75, 3.05) is 20.7 Å². The van der Waals surface area contributed by atoms with E-state index in [9.17, 15) is 4.79 Å². The van der Waals surface area contributed by atoms with Gasteiger partial charge in [-0.15, -0.1) is 0 Å². The van der Waals surface area contributed by atoms with Crippen LogP contribution in [0.5, 0.6) is 0 Å². The normalized spacial score (nSPS) is 9.00. The lowest BCUT2D eigenvalue weighted by Crippen LogP contribution is -2.23. The van der Waals surface area contributed by atoms with E-state index in [0.717, 1.165) is 0 Å². The van der Waals surface area contributed by atoms with Gasteiger partial charge in [0.05, 0.1) is 5.56 Å². The van der Waals surface area contributed by atoms with Crippen LogP contribution in [0.2, 0.25) is 0 Å². The molecule has 0 saturated heterocycles. The first-order chi connectivity index (χ1) is 7.16. The van der Waals surface area contributed by atoms with Gasteiger partial charge < -0.3 is 10.0 Å². The molecule has 0 bridgehead atoms. The summed E-state index contributed by atoms with van der Waals surface area (Å²) >= 11 is 0. The summed E-state index contributed by atoms with van der Waals surface area (Å²) in [6.45, 7) is -0.232. The second-order valence-corrected chi connectivity index (χ2v) is 3.06. The zero-order chi connectivity index (χ0) is 11.3. The first-order valence-electron chi connectivity index (χ1n) is 4.43. The minimum absolute atomic E-state index is 0.196. The van der Waals surface area contributed by atoms with Gasteiger partial charge in [0.2, 0.25) is 0 Å². The van der Waals surface area contributed by atoms with E-state index in [-0.39, 0.29) is 12.5 Å². The van der Waals surface area contributed by atoms with Gasteiger partial charge in [0.25, 0.3) is 5.91 Å². The van der Waals surface area contributed by atoms with Crippen LogP contribution in [0.4, 0.5) is 0 Å². The third-order valence-corrected chi connectivity index (χ3v) is 1.72. The molecule has 0 spiro atoms. The second-order valence-electron chi connectivity index (χ2n) is 3.06. The van der Waals surface area contributed by atoms with Crippen molar-refractivity contribution in [3.63, 3.8) is 0 Å². The van der Waals surface area contributed by atoms with Crippen LogP contribution in [0.25, 0.3) is 0 Å². The smallest absolute Gasteiger partial charge is 0.273 e. The summed E-state index contributed by atoms with van der Waals surface area (Å²) in [5.41, 5.74) is 0.841. The molecule has 4 heteroatoms. The summed E-state index contributed by atoms with van der Waals surface area (Å²) in [6.07, 6.45) is 1.54. The number of pyridine rings is 1. The Kier molecular flexibility index (Phi) is 3.83. The van der Waals surface area contributed by atoms with Crippen molar-refractivity contribution in [1.29, 1.82) is 0 Å². The Labute approximate surface area is 88.6 Å². The van der Waals surface area contributed by atoms with Crippen LogP contribution in [0.15, 0.2) is 18.3 Å². The van der Waals surface area contributed by atoms with E-state index in [2.05, 4.69) is 16.8 Å². The summed E-state index contributed by atoms with van der Waals surface area (Å²) in [7, 11) is 3.31. The molecule has 1 amide bonds. The van der Waals surface area contributed by atoms with E-state index in [1.807, 2.05) is 0 Å². The van der Waals surface area contributed by atoms with Crippen LogP contribution in [0.3, 0.4) is 0 Å². The van der Waals surface area contributed by atoms with E-state index in [4.69, 9.17) is 5.11 Å². The average Bonchev–Trinajstić information content (AvgIpc) is 2.25. The summed E-state index contributed by atoms with van der Waals surface area (Å²) in [4.78, 5) is 17.1. The SMILES string of the molecule is CN(C)C(=O)c1ncccc1C#CCO. The van der Waals surface area contributed by atoms with E-state index in [1.165, 1.54) is 4.90 Å². The van der Waals surface area contributed by atoms with Crippen molar-refractivity contribution in [1.82, 2.24) is 9.88 Å². The zero-order valence-electron chi connectivity index (χ0n) is 8.69. The van der Waals surface area contributed by atoms with E-state index < -0.39 is 0 Å². The molecule has 0 radical (unpaired) electrons. The molecule has 0 fully saturated rings.